The molecule has 1 atom stereocenters. The minimum Gasteiger partial charge on any atom is -0.472 e. The summed E-state index contributed by atoms with van der Waals surface area (Å²) in [5.74, 6) is 0.934. The van der Waals surface area contributed by atoms with Crippen LogP contribution in [-0.2, 0) is 6.42 Å². The maximum atomic E-state index is 5.18. The second-order valence-corrected chi connectivity index (χ2v) is 5.68. The molecule has 0 aromatic carbocycles. The summed E-state index contributed by atoms with van der Waals surface area (Å²) in [5, 5.41) is 3.65. The fourth-order valence-corrected chi connectivity index (χ4v) is 3.22. The molecule has 0 spiro atoms. The molecular weight excluding hydrogens is 222 g/mol. The molecule has 0 amide bonds. The van der Waals surface area contributed by atoms with Crippen molar-refractivity contribution in [3.8, 4) is 0 Å². The van der Waals surface area contributed by atoms with Crippen molar-refractivity contribution >= 4 is 0 Å². The molecule has 0 saturated heterocycles. The lowest BCUT2D eigenvalue weighted by Crippen LogP contribution is -2.33. The van der Waals surface area contributed by atoms with E-state index >= 15 is 0 Å². The zero-order valence-electron chi connectivity index (χ0n) is 11.7. The smallest absolute Gasteiger partial charge is 0.0935 e. The Balaban J connectivity index is 1.84. The first-order valence-electron chi connectivity index (χ1n) is 7.63. The fourth-order valence-electron chi connectivity index (χ4n) is 3.22. The molecule has 1 aromatic heterocycles. The van der Waals surface area contributed by atoms with Crippen molar-refractivity contribution in [3.05, 3.63) is 24.2 Å². The van der Waals surface area contributed by atoms with Crippen molar-refractivity contribution in [3.63, 3.8) is 0 Å². The second-order valence-electron chi connectivity index (χ2n) is 5.68. The molecule has 2 nitrogen and oxygen atoms in total. The van der Waals surface area contributed by atoms with Gasteiger partial charge in [0, 0.05) is 6.04 Å². The van der Waals surface area contributed by atoms with E-state index in [4.69, 9.17) is 4.42 Å². The molecule has 2 rings (SSSR count). The molecule has 1 aliphatic rings. The third kappa shape index (κ3) is 4.49. The van der Waals surface area contributed by atoms with Crippen molar-refractivity contribution in [2.75, 3.05) is 6.54 Å². The third-order valence-corrected chi connectivity index (χ3v) is 4.15. The SMILES string of the molecule is CCNC(Cc1ccoc1)CC1CCCCCC1. The van der Waals surface area contributed by atoms with E-state index in [-0.39, 0.29) is 0 Å². The van der Waals surface area contributed by atoms with E-state index < -0.39 is 0 Å². The van der Waals surface area contributed by atoms with Gasteiger partial charge in [0.15, 0.2) is 0 Å². The van der Waals surface area contributed by atoms with Gasteiger partial charge in [-0.15, -0.1) is 0 Å². The average Bonchev–Trinajstić information content (AvgIpc) is 2.73. The summed E-state index contributed by atoms with van der Waals surface area (Å²) in [7, 11) is 0. The quantitative estimate of drug-likeness (QED) is 0.766. The highest BCUT2D eigenvalue weighted by Gasteiger charge is 2.18. The first kappa shape index (κ1) is 13.7. The van der Waals surface area contributed by atoms with Gasteiger partial charge in [0.05, 0.1) is 12.5 Å². The monoisotopic (exact) mass is 249 g/mol. The van der Waals surface area contributed by atoms with Crippen LogP contribution in [-0.4, -0.2) is 12.6 Å². The van der Waals surface area contributed by atoms with Gasteiger partial charge in [-0.1, -0.05) is 45.4 Å². The van der Waals surface area contributed by atoms with Gasteiger partial charge in [-0.3, -0.25) is 0 Å². The molecular formula is C16H27NO. The van der Waals surface area contributed by atoms with Crippen LogP contribution in [0.5, 0.6) is 0 Å². The molecule has 1 N–H and O–H groups in total. The van der Waals surface area contributed by atoms with Crippen molar-refractivity contribution in [1.82, 2.24) is 5.32 Å². The molecule has 1 fully saturated rings. The lowest BCUT2D eigenvalue weighted by atomic mass is 9.90. The van der Waals surface area contributed by atoms with Gasteiger partial charge in [0.1, 0.15) is 0 Å². The molecule has 0 radical (unpaired) electrons. The lowest BCUT2D eigenvalue weighted by molar-refractivity contribution is 0.352. The molecule has 0 bridgehead atoms. The molecule has 0 aliphatic heterocycles. The third-order valence-electron chi connectivity index (χ3n) is 4.15. The van der Waals surface area contributed by atoms with Crippen LogP contribution in [0.4, 0.5) is 0 Å². The Hall–Kier alpha value is -0.760. The van der Waals surface area contributed by atoms with Crippen LogP contribution >= 0.6 is 0 Å². The maximum absolute atomic E-state index is 5.18. The number of furan rings is 1. The lowest BCUT2D eigenvalue weighted by Gasteiger charge is -2.23. The van der Waals surface area contributed by atoms with E-state index in [9.17, 15) is 0 Å². The first-order chi connectivity index (χ1) is 8.88. The van der Waals surface area contributed by atoms with Gasteiger partial charge in [-0.2, -0.15) is 0 Å². The van der Waals surface area contributed by atoms with E-state index in [1.165, 1.54) is 50.5 Å². The van der Waals surface area contributed by atoms with Gasteiger partial charge in [-0.25, -0.2) is 0 Å². The summed E-state index contributed by atoms with van der Waals surface area (Å²) in [6.45, 7) is 3.27. The highest BCUT2D eigenvalue weighted by molar-refractivity contribution is 5.07. The first-order valence-corrected chi connectivity index (χ1v) is 7.63. The maximum Gasteiger partial charge on any atom is 0.0935 e. The Morgan fingerprint density at radius 3 is 2.67 bits per heavy atom. The second kappa shape index (κ2) is 7.63. The molecule has 1 aromatic rings. The number of likely N-dealkylation sites (N-methyl/N-ethyl adjacent to an activating group) is 1. The number of nitrogens with one attached hydrogen (secondary N) is 1. The standard InChI is InChI=1S/C16H27NO/c1-2-17-16(12-15-9-10-18-13-15)11-14-7-5-3-4-6-8-14/h9-10,13-14,16-17H,2-8,11-12H2,1H3. The van der Waals surface area contributed by atoms with Gasteiger partial charge in [-0.05, 0) is 36.9 Å². The number of rotatable bonds is 6. The van der Waals surface area contributed by atoms with Crippen LogP contribution < -0.4 is 5.32 Å². The summed E-state index contributed by atoms with van der Waals surface area (Å²) in [4.78, 5) is 0. The zero-order chi connectivity index (χ0) is 12.6. The Kier molecular flexibility index (Phi) is 5.79. The van der Waals surface area contributed by atoms with E-state index in [0.717, 1.165) is 18.9 Å². The van der Waals surface area contributed by atoms with Crippen molar-refractivity contribution < 1.29 is 4.42 Å². The predicted octanol–water partition coefficient (Wildman–Crippen LogP) is 4.16. The van der Waals surface area contributed by atoms with Crippen molar-refractivity contribution in [2.24, 2.45) is 5.92 Å². The summed E-state index contributed by atoms with van der Waals surface area (Å²) in [6.07, 6.45) is 14.8. The molecule has 1 heterocycles. The van der Waals surface area contributed by atoms with E-state index in [1.54, 1.807) is 6.26 Å². The zero-order valence-corrected chi connectivity index (χ0v) is 11.7. The highest BCUT2D eigenvalue weighted by Crippen LogP contribution is 2.27. The van der Waals surface area contributed by atoms with E-state index in [0.29, 0.717) is 6.04 Å². The summed E-state index contributed by atoms with van der Waals surface area (Å²) >= 11 is 0. The highest BCUT2D eigenvalue weighted by atomic mass is 16.3. The minimum atomic E-state index is 0.621. The Morgan fingerprint density at radius 1 is 1.28 bits per heavy atom. The number of hydrogen-bond donors (Lipinski definition) is 1. The van der Waals surface area contributed by atoms with Crippen LogP contribution in [0.3, 0.4) is 0 Å². The van der Waals surface area contributed by atoms with Gasteiger partial charge >= 0.3 is 0 Å². The van der Waals surface area contributed by atoms with Gasteiger partial charge in [0.2, 0.25) is 0 Å². The Labute approximate surface area is 111 Å². The molecule has 18 heavy (non-hydrogen) atoms. The Bertz CT molecular complexity index is 299. The topological polar surface area (TPSA) is 25.2 Å². The van der Waals surface area contributed by atoms with E-state index in [2.05, 4.69) is 18.3 Å². The van der Waals surface area contributed by atoms with Crippen molar-refractivity contribution in [1.29, 1.82) is 0 Å². The van der Waals surface area contributed by atoms with Crippen LogP contribution in [0, 0.1) is 5.92 Å². The van der Waals surface area contributed by atoms with Crippen LogP contribution in [0.25, 0.3) is 0 Å². The molecule has 1 aliphatic carbocycles. The van der Waals surface area contributed by atoms with E-state index in [1.807, 2.05) is 6.26 Å². The molecule has 2 heteroatoms. The molecule has 1 saturated carbocycles. The van der Waals surface area contributed by atoms with Gasteiger partial charge < -0.3 is 9.73 Å². The average molecular weight is 249 g/mol. The van der Waals surface area contributed by atoms with Crippen LogP contribution in [0.15, 0.2) is 23.0 Å². The van der Waals surface area contributed by atoms with Crippen molar-refractivity contribution in [2.45, 2.75) is 64.3 Å². The normalized spacial score (nSPS) is 19.6. The minimum absolute atomic E-state index is 0.621. The number of hydrogen-bond acceptors (Lipinski definition) is 2. The summed E-state index contributed by atoms with van der Waals surface area (Å²) < 4.78 is 5.18. The summed E-state index contributed by atoms with van der Waals surface area (Å²) in [6, 6.07) is 2.72. The fraction of sp³-hybridized carbons (Fsp3) is 0.750. The molecule has 1 unspecified atom stereocenters. The molecule has 102 valence electrons. The largest absolute Gasteiger partial charge is 0.472 e. The van der Waals surface area contributed by atoms with Crippen LogP contribution in [0.2, 0.25) is 0 Å². The Morgan fingerprint density at radius 2 is 2.06 bits per heavy atom. The van der Waals surface area contributed by atoms with Gasteiger partial charge in [0.25, 0.3) is 0 Å². The predicted molar refractivity (Wildman–Crippen MR) is 75.7 cm³/mol. The van der Waals surface area contributed by atoms with Crippen LogP contribution in [0.1, 0.15) is 57.4 Å². The summed E-state index contributed by atoms with van der Waals surface area (Å²) in [5.41, 5.74) is 1.33.